The predicted molar refractivity (Wildman–Crippen MR) is 207 cm³/mol. The molecule has 2 nitrogen and oxygen atoms in total. The minimum atomic E-state index is 0.907. The second-order valence-electron chi connectivity index (χ2n) is 13.2. The van der Waals surface area contributed by atoms with E-state index in [2.05, 4.69) is 152 Å². The second-order valence-corrected chi connectivity index (χ2v) is 13.2. The molecule has 11 rings (SSSR count). The summed E-state index contributed by atoms with van der Waals surface area (Å²) in [6.45, 7) is 0. The molecule has 0 saturated carbocycles. The number of hydrogen-bond donors (Lipinski definition) is 0. The summed E-state index contributed by atoms with van der Waals surface area (Å²) >= 11 is 0. The first-order chi connectivity index (χ1) is 24.8. The normalized spacial score (nSPS) is 12.0. The quantitative estimate of drug-likeness (QED) is 0.189. The van der Waals surface area contributed by atoms with Crippen LogP contribution in [0.5, 0.6) is 0 Å². The highest BCUT2D eigenvalue weighted by atomic mass is 16.3. The Morgan fingerprint density at radius 1 is 0.240 bits per heavy atom. The standard InChI is InChI=1S/C48H28O2/c1-2-12-35-33(10-1)34-11-3-4-13-36(34)43-28-31(32-16-9-17-41-39-14-5-8-19-46(39)50-48(32)41)21-24-38(43)42-26-29(20-23-37(35)42)30-22-25-47-44(27-30)40-15-6-7-18-45(40)49-47/h1-28H. The maximum atomic E-state index is 6.51. The molecule has 0 atom stereocenters. The van der Waals surface area contributed by atoms with Crippen molar-refractivity contribution in [2.24, 2.45) is 0 Å². The Morgan fingerprint density at radius 2 is 0.680 bits per heavy atom. The Morgan fingerprint density at radius 3 is 1.40 bits per heavy atom. The van der Waals surface area contributed by atoms with Crippen molar-refractivity contribution in [3.8, 4) is 66.8 Å². The summed E-state index contributed by atoms with van der Waals surface area (Å²) in [4.78, 5) is 0. The Balaban J connectivity index is 1.17. The van der Waals surface area contributed by atoms with Crippen LogP contribution in [0, 0.1) is 0 Å². The third-order valence-electron chi connectivity index (χ3n) is 10.5. The van der Waals surface area contributed by atoms with E-state index in [4.69, 9.17) is 8.83 Å². The molecule has 2 heterocycles. The van der Waals surface area contributed by atoms with Gasteiger partial charge >= 0.3 is 0 Å². The van der Waals surface area contributed by atoms with Crippen molar-refractivity contribution in [3.05, 3.63) is 170 Å². The highest BCUT2D eigenvalue weighted by molar-refractivity contribution is 6.11. The molecule has 2 aromatic heterocycles. The highest BCUT2D eigenvalue weighted by Gasteiger charge is 2.23. The van der Waals surface area contributed by atoms with Gasteiger partial charge in [-0.15, -0.1) is 0 Å². The zero-order valence-corrected chi connectivity index (χ0v) is 27.0. The van der Waals surface area contributed by atoms with Gasteiger partial charge < -0.3 is 8.83 Å². The van der Waals surface area contributed by atoms with Crippen molar-refractivity contribution in [3.63, 3.8) is 0 Å². The van der Waals surface area contributed by atoms with Crippen LogP contribution in [-0.4, -0.2) is 0 Å². The fourth-order valence-electron chi connectivity index (χ4n) is 8.14. The molecule has 0 bridgehead atoms. The molecule has 1 aliphatic carbocycles. The Kier molecular flexibility index (Phi) is 5.70. The summed E-state index contributed by atoms with van der Waals surface area (Å²) in [6, 6.07) is 61.1. The Bertz CT molecular complexity index is 2990. The van der Waals surface area contributed by atoms with Gasteiger partial charge in [-0.05, 0) is 97.6 Å². The fourth-order valence-corrected chi connectivity index (χ4v) is 8.14. The van der Waals surface area contributed by atoms with E-state index in [0.717, 1.165) is 60.6 Å². The molecule has 1 aliphatic rings. The van der Waals surface area contributed by atoms with Crippen LogP contribution in [0.15, 0.2) is 179 Å². The number of hydrogen-bond acceptors (Lipinski definition) is 2. The van der Waals surface area contributed by atoms with Gasteiger partial charge in [0, 0.05) is 27.1 Å². The maximum Gasteiger partial charge on any atom is 0.143 e. The molecule has 10 aromatic rings. The fraction of sp³-hybridized carbons (Fsp3) is 0. The molecule has 0 aliphatic heterocycles. The van der Waals surface area contributed by atoms with Gasteiger partial charge in [0.05, 0.1) is 0 Å². The lowest BCUT2D eigenvalue weighted by molar-refractivity contribution is 0.669. The van der Waals surface area contributed by atoms with Crippen molar-refractivity contribution in [2.75, 3.05) is 0 Å². The third kappa shape index (κ3) is 3.96. The minimum absolute atomic E-state index is 0.907. The lowest BCUT2D eigenvalue weighted by Gasteiger charge is -2.24. The SMILES string of the molecule is c1ccc2c(c1)-c1ccccc1-c1cc(-c3cccc4c3oc3ccccc34)ccc1-c1cc(-c3ccc4oc5ccccc5c4c3)ccc1-2. The first kappa shape index (κ1) is 27.3. The third-order valence-corrected chi connectivity index (χ3v) is 10.5. The Hall–Kier alpha value is -6.64. The number of para-hydroxylation sites is 3. The molecular weight excluding hydrogens is 609 g/mol. The number of furan rings is 2. The summed E-state index contributed by atoms with van der Waals surface area (Å²) in [5.41, 5.74) is 18.0. The van der Waals surface area contributed by atoms with E-state index < -0.39 is 0 Å². The molecule has 0 amide bonds. The molecule has 8 aromatic carbocycles. The molecule has 0 spiro atoms. The van der Waals surface area contributed by atoms with Crippen molar-refractivity contribution in [1.29, 1.82) is 0 Å². The number of benzene rings is 8. The van der Waals surface area contributed by atoms with Gasteiger partial charge in [0.1, 0.15) is 22.3 Å². The average Bonchev–Trinajstić information content (AvgIpc) is 3.75. The van der Waals surface area contributed by atoms with Gasteiger partial charge in [0.25, 0.3) is 0 Å². The van der Waals surface area contributed by atoms with Crippen LogP contribution in [0.1, 0.15) is 0 Å². The van der Waals surface area contributed by atoms with Gasteiger partial charge in [-0.25, -0.2) is 0 Å². The summed E-state index contributed by atoms with van der Waals surface area (Å²) < 4.78 is 12.7. The van der Waals surface area contributed by atoms with Crippen molar-refractivity contribution in [2.45, 2.75) is 0 Å². The first-order valence-corrected chi connectivity index (χ1v) is 17.1. The van der Waals surface area contributed by atoms with Gasteiger partial charge in [-0.1, -0.05) is 133 Å². The summed E-state index contributed by atoms with van der Waals surface area (Å²) in [6.07, 6.45) is 0. The van der Waals surface area contributed by atoms with Gasteiger partial charge in [0.15, 0.2) is 0 Å². The lowest BCUT2D eigenvalue weighted by atomic mass is 9.79. The molecule has 0 fully saturated rings. The summed E-state index contributed by atoms with van der Waals surface area (Å²) in [5, 5.41) is 4.55. The van der Waals surface area contributed by atoms with E-state index in [1.54, 1.807) is 0 Å². The van der Waals surface area contributed by atoms with E-state index in [1.807, 2.05) is 18.2 Å². The highest BCUT2D eigenvalue weighted by Crippen LogP contribution is 2.50. The van der Waals surface area contributed by atoms with Crippen LogP contribution in [0.25, 0.3) is 111 Å². The van der Waals surface area contributed by atoms with Crippen LogP contribution >= 0.6 is 0 Å². The molecule has 0 N–H and O–H groups in total. The zero-order valence-electron chi connectivity index (χ0n) is 27.0. The predicted octanol–water partition coefficient (Wildman–Crippen LogP) is 13.8. The van der Waals surface area contributed by atoms with Crippen molar-refractivity contribution >= 4 is 43.9 Å². The van der Waals surface area contributed by atoms with E-state index in [0.29, 0.717) is 0 Å². The smallest absolute Gasteiger partial charge is 0.143 e. The van der Waals surface area contributed by atoms with E-state index in [-0.39, 0.29) is 0 Å². The zero-order chi connectivity index (χ0) is 32.8. The van der Waals surface area contributed by atoms with Crippen molar-refractivity contribution in [1.82, 2.24) is 0 Å². The summed E-state index contributed by atoms with van der Waals surface area (Å²) in [5.74, 6) is 0. The van der Waals surface area contributed by atoms with E-state index >= 15 is 0 Å². The lowest BCUT2D eigenvalue weighted by Crippen LogP contribution is -1.98. The minimum Gasteiger partial charge on any atom is -0.456 e. The van der Waals surface area contributed by atoms with Gasteiger partial charge in [-0.2, -0.15) is 0 Å². The molecule has 50 heavy (non-hydrogen) atoms. The van der Waals surface area contributed by atoms with E-state index in [9.17, 15) is 0 Å². The number of fused-ring (bicyclic) bond motifs is 14. The molecule has 0 saturated heterocycles. The molecule has 0 unspecified atom stereocenters. The number of rotatable bonds is 2. The van der Waals surface area contributed by atoms with Gasteiger partial charge in [0.2, 0.25) is 0 Å². The Labute approximate surface area is 288 Å². The monoisotopic (exact) mass is 636 g/mol. The summed E-state index contributed by atoms with van der Waals surface area (Å²) in [7, 11) is 0. The maximum absolute atomic E-state index is 6.51. The van der Waals surface area contributed by atoms with Crippen LogP contribution < -0.4 is 0 Å². The average molecular weight is 637 g/mol. The van der Waals surface area contributed by atoms with Crippen LogP contribution in [0.3, 0.4) is 0 Å². The van der Waals surface area contributed by atoms with Crippen molar-refractivity contribution < 1.29 is 8.83 Å². The molecule has 2 heteroatoms. The van der Waals surface area contributed by atoms with Crippen LogP contribution in [0.2, 0.25) is 0 Å². The van der Waals surface area contributed by atoms with Gasteiger partial charge in [-0.3, -0.25) is 0 Å². The first-order valence-electron chi connectivity index (χ1n) is 17.1. The topological polar surface area (TPSA) is 26.3 Å². The van der Waals surface area contributed by atoms with Crippen LogP contribution in [-0.2, 0) is 0 Å². The largest absolute Gasteiger partial charge is 0.456 e. The molecule has 232 valence electrons. The molecule has 0 radical (unpaired) electrons. The van der Waals surface area contributed by atoms with Crippen LogP contribution in [0.4, 0.5) is 0 Å². The second kappa shape index (κ2) is 10.4. The molecular formula is C48H28O2. The van der Waals surface area contributed by atoms with E-state index in [1.165, 1.54) is 50.1 Å².